The summed E-state index contributed by atoms with van der Waals surface area (Å²) in [6.45, 7) is 3.15. The molecule has 0 fully saturated rings. The summed E-state index contributed by atoms with van der Waals surface area (Å²) < 4.78 is 39.1. The Kier molecular flexibility index (Phi) is 4.64. The van der Waals surface area contributed by atoms with E-state index in [1.807, 2.05) is 0 Å². The summed E-state index contributed by atoms with van der Waals surface area (Å²) in [6, 6.07) is 8.65. The summed E-state index contributed by atoms with van der Waals surface area (Å²) >= 11 is 0.971. The Morgan fingerprint density at radius 2 is 2.00 bits per heavy atom. The van der Waals surface area contributed by atoms with Crippen molar-refractivity contribution in [3.05, 3.63) is 46.7 Å². The molecule has 3 rings (SSSR count). The third-order valence-electron chi connectivity index (χ3n) is 3.28. The van der Waals surface area contributed by atoms with Crippen molar-refractivity contribution in [2.24, 2.45) is 5.16 Å². The fourth-order valence-electron chi connectivity index (χ4n) is 2.11. The second-order valence-corrected chi connectivity index (χ2v) is 6.17. The number of alkyl halides is 3. The van der Waals surface area contributed by atoms with Gasteiger partial charge in [-0.25, -0.2) is 9.31 Å². The van der Waals surface area contributed by atoms with Crippen LogP contribution in [0.3, 0.4) is 0 Å². The van der Waals surface area contributed by atoms with E-state index in [4.69, 9.17) is 4.84 Å². The van der Waals surface area contributed by atoms with Crippen molar-refractivity contribution in [1.29, 1.82) is 0 Å². The molecule has 0 unspecified atom stereocenters. The summed E-state index contributed by atoms with van der Waals surface area (Å²) in [4.78, 5) is 20.6. The maximum atomic E-state index is 12.7. The summed E-state index contributed by atoms with van der Waals surface area (Å²) in [5.41, 5.74) is 1.28. The van der Waals surface area contributed by atoms with Gasteiger partial charge in [0.1, 0.15) is 0 Å². The minimum atomic E-state index is -4.61. The van der Waals surface area contributed by atoms with Crippen molar-refractivity contribution in [2.45, 2.75) is 20.0 Å². The number of nitrogens with one attached hydrogen (secondary N) is 1. The van der Waals surface area contributed by atoms with Gasteiger partial charge in [0.05, 0.1) is 16.3 Å². The number of oxime groups is 1. The number of nitrogens with zero attached hydrogens (tertiary/aromatic N) is 4. The van der Waals surface area contributed by atoms with E-state index in [0.717, 1.165) is 15.9 Å². The van der Waals surface area contributed by atoms with E-state index in [1.54, 1.807) is 44.2 Å². The molecule has 0 radical (unpaired) electrons. The first kappa shape index (κ1) is 17.9. The van der Waals surface area contributed by atoms with E-state index in [2.05, 4.69) is 20.6 Å². The first-order valence-electron chi connectivity index (χ1n) is 7.27. The van der Waals surface area contributed by atoms with Gasteiger partial charge in [0, 0.05) is 5.69 Å². The average Bonchev–Trinajstić information content (AvgIpc) is 3.13. The van der Waals surface area contributed by atoms with Crippen LogP contribution < -0.4 is 5.32 Å². The van der Waals surface area contributed by atoms with Crippen molar-refractivity contribution < 1.29 is 22.8 Å². The molecular weight excluding hydrogens is 371 g/mol. The van der Waals surface area contributed by atoms with Crippen molar-refractivity contribution in [2.75, 3.05) is 5.32 Å². The van der Waals surface area contributed by atoms with Crippen LogP contribution in [-0.4, -0.2) is 26.4 Å². The lowest BCUT2D eigenvalue weighted by atomic mass is 10.3. The predicted octanol–water partition coefficient (Wildman–Crippen LogP) is 4.09. The molecular formula is C15H12F3N5O2S. The number of fused-ring (bicyclic) bond motifs is 1. The highest BCUT2D eigenvalue weighted by molar-refractivity contribution is 7.19. The van der Waals surface area contributed by atoms with E-state index in [1.165, 1.54) is 0 Å². The number of anilines is 1. The maximum Gasteiger partial charge on any atom is 0.453 e. The Morgan fingerprint density at radius 1 is 1.31 bits per heavy atom. The number of carbonyl (C=O) groups is 1. The highest BCUT2D eigenvalue weighted by Gasteiger charge is 2.37. The molecule has 2 heterocycles. The molecule has 0 saturated carbocycles. The Hall–Kier alpha value is -2.95. The summed E-state index contributed by atoms with van der Waals surface area (Å²) in [6.07, 6.45) is -5.40. The van der Waals surface area contributed by atoms with Gasteiger partial charge < -0.3 is 0 Å². The predicted molar refractivity (Wildman–Crippen MR) is 89.4 cm³/mol. The normalized spacial score (nSPS) is 12.4. The van der Waals surface area contributed by atoms with Gasteiger partial charge in [-0.05, 0) is 26.0 Å². The molecule has 0 aliphatic heterocycles. The maximum absolute atomic E-state index is 12.7. The summed E-state index contributed by atoms with van der Waals surface area (Å²) in [5.74, 6) is -1.20. The molecule has 0 spiro atoms. The zero-order chi connectivity index (χ0) is 18.9. The van der Waals surface area contributed by atoms with Crippen LogP contribution in [0.2, 0.25) is 0 Å². The van der Waals surface area contributed by atoms with Gasteiger partial charge in [-0.1, -0.05) is 34.7 Å². The molecule has 0 aliphatic rings. The molecule has 7 nitrogen and oxygen atoms in total. The van der Waals surface area contributed by atoms with E-state index >= 15 is 0 Å². The van der Waals surface area contributed by atoms with E-state index in [9.17, 15) is 18.0 Å². The van der Waals surface area contributed by atoms with E-state index in [-0.39, 0.29) is 4.96 Å². The lowest BCUT2D eigenvalue weighted by molar-refractivity contribution is -0.144. The van der Waals surface area contributed by atoms with Crippen molar-refractivity contribution in [3.8, 4) is 0 Å². The number of aromatic nitrogens is 3. The zero-order valence-corrected chi connectivity index (χ0v) is 14.4. The Bertz CT molecular complexity index is 978. The van der Waals surface area contributed by atoms with Crippen LogP contribution in [0.5, 0.6) is 0 Å². The highest BCUT2D eigenvalue weighted by atomic mass is 32.1. The smallest absolute Gasteiger partial charge is 0.297 e. The number of carbonyl (C=O) groups excluding carboxylic acids is 1. The molecule has 3 aromatic rings. The Balaban J connectivity index is 1.75. The van der Waals surface area contributed by atoms with Gasteiger partial charge in [0.25, 0.3) is 5.82 Å². The first-order chi connectivity index (χ1) is 12.3. The third kappa shape index (κ3) is 3.67. The molecule has 26 heavy (non-hydrogen) atoms. The van der Waals surface area contributed by atoms with Gasteiger partial charge in [0.15, 0.2) is 0 Å². The third-order valence-corrected chi connectivity index (χ3v) is 4.53. The molecule has 11 heteroatoms. The summed E-state index contributed by atoms with van der Waals surface area (Å²) in [5, 5.41) is 9.66. The van der Waals surface area contributed by atoms with Gasteiger partial charge in [0.2, 0.25) is 4.96 Å². The largest absolute Gasteiger partial charge is 0.453 e. The molecule has 0 aliphatic carbocycles. The number of halogens is 3. The van der Waals surface area contributed by atoms with E-state index in [0.29, 0.717) is 22.0 Å². The molecule has 1 aromatic carbocycles. The second kappa shape index (κ2) is 6.75. The van der Waals surface area contributed by atoms with Crippen LogP contribution in [0.4, 0.5) is 23.7 Å². The summed E-state index contributed by atoms with van der Waals surface area (Å²) in [7, 11) is 0. The number of benzene rings is 1. The first-order valence-corrected chi connectivity index (χ1v) is 8.08. The molecule has 1 amide bonds. The number of hydrogen-bond donors (Lipinski definition) is 1. The Morgan fingerprint density at radius 3 is 2.62 bits per heavy atom. The lowest BCUT2D eigenvalue weighted by Crippen LogP contribution is -2.12. The van der Waals surface area contributed by atoms with Crippen molar-refractivity contribution in [3.63, 3.8) is 0 Å². The van der Waals surface area contributed by atoms with Gasteiger partial charge in [-0.2, -0.15) is 18.2 Å². The number of para-hydroxylation sites is 1. The number of thiazole rings is 1. The quantitative estimate of drug-likeness (QED) is 0.420. The van der Waals surface area contributed by atoms with Crippen LogP contribution in [0.15, 0.2) is 35.5 Å². The van der Waals surface area contributed by atoms with Crippen LogP contribution >= 0.6 is 11.3 Å². The lowest BCUT2D eigenvalue weighted by Gasteiger charge is -2.03. The molecule has 0 atom stereocenters. The molecule has 2 aromatic heterocycles. The number of amides is 1. The fourth-order valence-corrected chi connectivity index (χ4v) is 3.11. The number of rotatable bonds is 3. The van der Waals surface area contributed by atoms with Crippen LogP contribution in [0.1, 0.15) is 23.3 Å². The highest BCUT2D eigenvalue weighted by Crippen LogP contribution is 2.30. The van der Waals surface area contributed by atoms with Crippen LogP contribution in [0.25, 0.3) is 4.96 Å². The second-order valence-electron chi connectivity index (χ2n) is 5.19. The minimum Gasteiger partial charge on any atom is -0.297 e. The van der Waals surface area contributed by atoms with Crippen LogP contribution in [0, 0.1) is 6.92 Å². The average molecular weight is 383 g/mol. The molecule has 0 bridgehead atoms. The molecule has 0 saturated heterocycles. The zero-order valence-electron chi connectivity index (χ0n) is 13.5. The van der Waals surface area contributed by atoms with Crippen molar-refractivity contribution >= 4 is 33.8 Å². The van der Waals surface area contributed by atoms with Gasteiger partial charge in [-0.15, -0.1) is 5.10 Å². The monoisotopic (exact) mass is 383 g/mol. The van der Waals surface area contributed by atoms with Gasteiger partial charge >= 0.3 is 12.3 Å². The van der Waals surface area contributed by atoms with Crippen molar-refractivity contribution in [1.82, 2.24) is 14.6 Å². The number of hydrogen-bond acceptors (Lipinski definition) is 6. The SMILES string of the molecule is C/C(=N/OC(=O)Nc1ccccc1)c1sc2nc(C(F)(F)F)nn2c1C. The standard InChI is InChI=1S/C15H12F3N5O2S/c1-8(22-25-14(24)19-10-6-4-3-5-7-10)11-9(2)23-13(26-11)20-12(21-23)15(16,17)18/h3-7H,1-2H3,(H,19,24)/b22-8-. The van der Waals surface area contributed by atoms with Crippen LogP contribution in [-0.2, 0) is 11.0 Å². The van der Waals surface area contributed by atoms with E-state index < -0.39 is 18.1 Å². The molecule has 136 valence electrons. The minimum absolute atomic E-state index is 0.0770. The molecule has 1 N–H and O–H groups in total. The number of aryl methyl sites for hydroxylation is 1. The fraction of sp³-hybridized carbons (Fsp3) is 0.200. The Labute approximate surface area is 149 Å². The topological polar surface area (TPSA) is 80.9 Å². The van der Waals surface area contributed by atoms with Gasteiger partial charge in [-0.3, -0.25) is 10.2 Å².